The smallest absolute Gasteiger partial charge is 0.316 e. The summed E-state index contributed by atoms with van der Waals surface area (Å²) in [7, 11) is 0. The second-order valence-corrected chi connectivity index (χ2v) is 9.89. The Bertz CT molecular complexity index is 873. The van der Waals surface area contributed by atoms with E-state index >= 15 is 0 Å². The summed E-state index contributed by atoms with van der Waals surface area (Å²) in [5, 5.41) is 0. The third-order valence-corrected chi connectivity index (χ3v) is 5.76. The summed E-state index contributed by atoms with van der Waals surface area (Å²) < 4.78 is 18.5. The Labute approximate surface area is 184 Å². The minimum Gasteiger partial charge on any atom is -0.463 e. The topological polar surface area (TPSA) is 67.3 Å². The Balaban J connectivity index is 1.30. The van der Waals surface area contributed by atoms with Crippen molar-refractivity contribution in [2.24, 2.45) is 5.92 Å². The largest absolute Gasteiger partial charge is 0.463 e. The molecule has 0 aromatic carbocycles. The van der Waals surface area contributed by atoms with Crippen molar-refractivity contribution in [3.05, 3.63) is 35.8 Å². The summed E-state index contributed by atoms with van der Waals surface area (Å²) in [5.41, 5.74) is 1.16. The fourth-order valence-corrected chi connectivity index (χ4v) is 3.78. The van der Waals surface area contributed by atoms with Crippen molar-refractivity contribution in [2.75, 3.05) is 44.2 Å². The van der Waals surface area contributed by atoms with Gasteiger partial charge in [-0.15, -0.1) is 0 Å². The number of piperazine rings is 1. The van der Waals surface area contributed by atoms with E-state index in [0.29, 0.717) is 18.4 Å². The van der Waals surface area contributed by atoms with Gasteiger partial charge in [0.05, 0.1) is 19.0 Å². The van der Waals surface area contributed by atoms with Crippen molar-refractivity contribution >= 4 is 5.82 Å². The van der Waals surface area contributed by atoms with E-state index < -0.39 is 5.82 Å². The Morgan fingerprint density at radius 1 is 1.10 bits per heavy atom. The van der Waals surface area contributed by atoms with Crippen LogP contribution in [0.15, 0.2) is 18.5 Å². The average molecular weight is 429 g/mol. The van der Waals surface area contributed by atoms with E-state index in [1.165, 1.54) is 18.5 Å². The minimum atomic E-state index is -0.458. The lowest BCUT2D eigenvalue weighted by Gasteiger charge is -2.37. The first kappa shape index (κ1) is 21.9. The second kappa shape index (κ2) is 9.02. The van der Waals surface area contributed by atoms with E-state index in [4.69, 9.17) is 14.7 Å². The number of anilines is 1. The summed E-state index contributed by atoms with van der Waals surface area (Å²) in [6.07, 6.45) is 4.74. The number of hydrogen-bond acceptors (Lipinski definition) is 7. The van der Waals surface area contributed by atoms with Crippen molar-refractivity contribution in [1.82, 2.24) is 24.8 Å². The van der Waals surface area contributed by atoms with Gasteiger partial charge in [-0.2, -0.15) is 0 Å². The predicted molar refractivity (Wildman–Crippen MR) is 118 cm³/mol. The van der Waals surface area contributed by atoms with E-state index in [-0.39, 0.29) is 11.4 Å². The quantitative estimate of drug-likeness (QED) is 0.669. The molecule has 2 aromatic heterocycles. The van der Waals surface area contributed by atoms with E-state index in [0.717, 1.165) is 56.8 Å². The summed E-state index contributed by atoms with van der Waals surface area (Å²) in [6.45, 7) is 14.0. The molecule has 7 nitrogen and oxygen atoms in total. The Morgan fingerprint density at radius 2 is 1.77 bits per heavy atom. The van der Waals surface area contributed by atoms with Gasteiger partial charge in [0.2, 0.25) is 0 Å². The number of nitrogens with zero attached hydrogens (tertiary/aromatic N) is 6. The number of halogens is 1. The normalized spacial score (nSPS) is 18.8. The molecule has 1 saturated heterocycles. The molecule has 2 aliphatic rings. The van der Waals surface area contributed by atoms with E-state index in [1.54, 1.807) is 0 Å². The zero-order chi connectivity index (χ0) is 22.0. The third-order valence-electron chi connectivity index (χ3n) is 5.76. The van der Waals surface area contributed by atoms with Gasteiger partial charge in [-0.05, 0) is 12.8 Å². The zero-order valence-electron chi connectivity index (χ0n) is 19.0. The van der Waals surface area contributed by atoms with E-state index in [9.17, 15) is 4.39 Å². The molecule has 0 radical (unpaired) electrons. The lowest BCUT2D eigenvalue weighted by molar-refractivity contribution is 0.172. The van der Waals surface area contributed by atoms with Gasteiger partial charge in [0.15, 0.2) is 5.82 Å². The van der Waals surface area contributed by atoms with Crippen LogP contribution >= 0.6 is 0 Å². The van der Waals surface area contributed by atoms with Gasteiger partial charge in [-0.1, -0.05) is 27.7 Å². The Morgan fingerprint density at radius 3 is 2.39 bits per heavy atom. The molecule has 168 valence electrons. The van der Waals surface area contributed by atoms with Crippen molar-refractivity contribution in [2.45, 2.75) is 51.9 Å². The van der Waals surface area contributed by atoms with Gasteiger partial charge in [-0.25, -0.2) is 24.3 Å². The predicted octanol–water partition coefficient (Wildman–Crippen LogP) is 3.42. The molecule has 0 unspecified atom stereocenters. The first-order valence-electron chi connectivity index (χ1n) is 11.2. The standard InChI is InChI=1S/C23H33FN6O/c1-16(15-31-22-25-12-18(24)13-26-22)14-29-7-9-30(10-8-29)20-11-19(17-5-6-17)27-21(28-20)23(2,3)4/h11-13,16-17H,5-10,14-15H2,1-4H3/t16-/m1/s1. The molecule has 8 heteroatoms. The van der Waals surface area contributed by atoms with Crippen LogP contribution in [0.1, 0.15) is 58.0 Å². The zero-order valence-corrected chi connectivity index (χ0v) is 19.0. The first-order valence-corrected chi connectivity index (χ1v) is 11.2. The minimum absolute atomic E-state index is 0.0505. The van der Waals surface area contributed by atoms with Crippen LogP contribution in [0.3, 0.4) is 0 Å². The molecule has 31 heavy (non-hydrogen) atoms. The van der Waals surface area contributed by atoms with Gasteiger partial charge < -0.3 is 9.64 Å². The second-order valence-electron chi connectivity index (χ2n) is 9.89. The van der Waals surface area contributed by atoms with Crippen LogP contribution in [-0.4, -0.2) is 64.2 Å². The molecule has 1 aliphatic carbocycles. The summed E-state index contributed by atoms with van der Waals surface area (Å²) in [6, 6.07) is 2.43. The molecule has 4 rings (SSSR count). The third kappa shape index (κ3) is 5.87. The summed E-state index contributed by atoms with van der Waals surface area (Å²) in [5.74, 6) is 2.51. The average Bonchev–Trinajstić information content (AvgIpc) is 3.58. The molecule has 2 fully saturated rings. The molecule has 2 aromatic rings. The van der Waals surface area contributed by atoms with Gasteiger partial charge in [0, 0.05) is 61.7 Å². The SMILES string of the molecule is C[C@@H](COc1ncc(F)cn1)CN1CCN(c2cc(C3CC3)nc(C(C)(C)C)n2)CC1. The summed E-state index contributed by atoms with van der Waals surface area (Å²) >= 11 is 0. The van der Waals surface area contributed by atoms with Gasteiger partial charge >= 0.3 is 6.01 Å². The van der Waals surface area contributed by atoms with E-state index in [1.807, 2.05) is 0 Å². The van der Waals surface area contributed by atoms with Gasteiger partial charge in [0.1, 0.15) is 11.6 Å². The van der Waals surface area contributed by atoms with Crippen molar-refractivity contribution in [3.63, 3.8) is 0 Å². The number of hydrogen-bond donors (Lipinski definition) is 0. The maximum atomic E-state index is 12.9. The fourth-order valence-electron chi connectivity index (χ4n) is 3.78. The van der Waals surface area contributed by atoms with Crippen LogP contribution < -0.4 is 9.64 Å². The molecule has 3 heterocycles. The van der Waals surface area contributed by atoms with Crippen molar-refractivity contribution < 1.29 is 9.13 Å². The molecule has 0 spiro atoms. The van der Waals surface area contributed by atoms with Crippen LogP contribution in [0.2, 0.25) is 0 Å². The number of aromatic nitrogens is 4. The fraction of sp³-hybridized carbons (Fsp3) is 0.652. The van der Waals surface area contributed by atoms with Crippen LogP contribution in [-0.2, 0) is 5.41 Å². The molecule has 0 amide bonds. The van der Waals surface area contributed by atoms with Gasteiger partial charge in [-0.3, -0.25) is 4.90 Å². The lowest BCUT2D eigenvalue weighted by Crippen LogP contribution is -2.48. The van der Waals surface area contributed by atoms with Crippen LogP contribution in [0.5, 0.6) is 6.01 Å². The van der Waals surface area contributed by atoms with Crippen LogP contribution in [0, 0.1) is 11.7 Å². The Kier molecular flexibility index (Phi) is 6.36. The molecular weight excluding hydrogens is 395 g/mol. The maximum absolute atomic E-state index is 12.9. The monoisotopic (exact) mass is 428 g/mol. The first-order chi connectivity index (χ1) is 14.8. The summed E-state index contributed by atoms with van der Waals surface area (Å²) in [4.78, 5) is 22.4. The number of rotatable bonds is 7. The highest BCUT2D eigenvalue weighted by molar-refractivity contribution is 5.42. The highest BCUT2D eigenvalue weighted by Crippen LogP contribution is 2.40. The van der Waals surface area contributed by atoms with Crippen molar-refractivity contribution in [1.29, 1.82) is 0 Å². The highest BCUT2D eigenvalue weighted by atomic mass is 19.1. The van der Waals surface area contributed by atoms with Crippen LogP contribution in [0.4, 0.5) is 10.2 Å². The molecular formula is C23H33FN6O. The molecule has 0 N–H and O–H groups in total. The van der Waals surface area contributed by atoms with E-state index in [2.05, 4.69) is 53.5 Å². The lowest BCUT2D eigenvalue weighted by atomic mass is 9.95. The Hall–Kier alpha value is -2.35. The number of ether oxygens (including phenoxy) is 1. The highest BCUT2D eigenvalue weighted by Gasteiger charge is 2.30. The molecule has 1 atom stereocenters. The maximum Gasteiger partial charge on any atom is 0.316 e. The molecule has 0 bridgehead atoms. The van der Waals surface area contributed by atoms with Crippen LogP contribution in [0.25, 0.3) is 0 Å². The van der Waals surface area contributed by atoms with Crippen molar-refractivity contribution in [3.8, 4) is 6.01 Å². The molecule has 1 aliphatic heterocycles. The van der Waals surface area contributed by atoms with Gasteiger partial charge in [0.25, 0.3) is 0 Å². The molecule has 1 saturated carbocycles.